The topological polar surface area (TPSA) is 55.3 Å². The van der Waals surface area contributed by atoms with Crippen molar-refractivity contribution in [2.75, 3.05) is 20.2 Å². The van der Waals surface area contributed by atoms with Crippen molar-refractivity contribution in [3.8, 4) is 0 Å². The zero-order chi connectivity index (χ0) is 12.0. The lowest BCUT2D eigenvalue weighted by molar-refractivity contribution is -0.143. The van der Waals surface area contributed by atoms with Crippen LogP contribution in [-0.4, -0.2) is 41.3 Å². The van der Waals surface area contributed by atoms with Gasteiger partial charge in [0.2, 0.25) is 4.47 Å². The Morgan fingerprint density at radius 1 is 1.56 bits per heavy atom. The lowest BCUT2D eigenvalue weighted by Gasteiger charge is -2.13. The molecule has 0 aliphatic carbocycles. The number of aromatic nitrogens is 2. The molecule has 0 N–H and O–H groups in total. The summed E-state index contributed by atoms with van der Waals surface area (Å²) in [5.74, 6) is -0.176. The molecule has 0 spiro atoms. The van der Waals surface area contributed by atoms with Crippen molar-refractivity contribution in [3.63, 3.8) is 0 Å². The molecular weight excluding hydrogens is 250 g/mol. The predicted octanol–water partition coefficient (Wildman–Crippen LogP) is 1.58. The summed E-state index contributed by atoms with van der Waals surface area (Å²) in [6.45, 7) is 3.50. The van der Waals surface area contributed by atoms with E-state index in [0.717, 1.165) is 5.01 Å². The van der Waals surface area contributed by atoms with Gasteiger partial charge in [-0.25, -0.2) is 0 Å². The van der Waals surface area contributed by atoms with Crippen LogP contribution in [0.5, 0.6) is 0 Å². The third-order valence-electron chi connectivity index (χ3n) is 1.85. The molecule has 1 aromatic heterocycles. The molecule has 0 aliphatic rings. The van der Waals surface area contributed by atoms with Crippen molar-refractivity contribution in [1.29, 1.82) is 0 Å². The van der Waals surface area contributed by atoms with Gasteiger partial charge in [-0.1, -0.05) is 11.3 Å². The number of esters is 1. The van der Waals surface area contributed by atoms with Crippen molar-refractivity contribution in [3.05, 3.63) is 9.47 Å². The van der Waals surface area contributed by atoms with Crippen molar-refractivity contribution >= 4 is 28.9 Å². The Labute approximate surface area is 103 Å². The summed E-state index contributed by atoms with van der Waals surface area (Å²) in [6, 6.07) is 0. The Kier molecular flexibility index (Phi) is 5.65. The fourth-order valence-corrected chi connectivity index (χ4v) is 2.07. The van der Waals surface area contributed by atoms with Crippen LogP contribution in [0.3, 0.4) is 0 Å². The first-order valence-electron chi connectivity index (χ1n) is 4.94. The summed E-state index contributed by atoms with van der Waals surface area (Å²) in [4.78, 5) is 13.1. The van der Waals surface area contributed by atoms with E-state index >= 15 is 0 Å². The quantitative estimate of drug-likeness (QED) is 0.730. The highest BCUT2D eigenvalue weighted by Gasteiger charge is 2.08. The monoisotopic (exact) mass is 263 g/mol. The van der Waals surface area contributed by atoms with Crippen molar-refractivity contribution in [1.82, 2.24) is 15.1 Å². The fourth-order valence-electron chi connectivity index (χ4n) is 1.12. The number of carbonyl (C=O) groups is 1. The highest BCUT2D eigenvalue weighted by Crippen LogP contribution is 2.15. The molecule has 0 radical (unpaired) electrons. The zero-order valence-corrected chi connectivity index (χ0v) is 10.8. The van der Waals surface area contributed by atoms with Gasteiger partial charge in [-0.2, -0.15) is 0 Å². The Morgan fingerprint density at radius 2 is 2.31 bits per heavy atom. The van der Waals surface area contributed by atoms with E-state index in [9.17, 15) is 4.79 Å². The minimum absolute atomic E-state index is 0.176. The number of hydrogen-bond donors (Lipinski definition) is 0. The summed E-state index contributed by atoms with van der Waals surface area (Å²) in [6.07, 6.45) is 0.386. The van der Waals surface area contributed by atoms with Gasteiger partial charge in [0, 0.05) is 6.54 Å². The molecule has 1 aromatic rings. The van der Waals surface area contributed by atoms with Gasteiger partial charge in [0.25, 0.3) is 0 Å². The van der Waals surface area contributed by atoms with Crippen LogP contribution in [0.1, 0.15) is 18.4 Å². The van der Waals surface area contributed by atoms with Gasteiger partial charge in [0.1, 0.15) is 5.01 Å². The van der Waals surface area contributed by atoms with Crippen LogP contribution in [-0.2, 0) is 16.1 Å². The van der Waals surface area contributed by atoms with E-state index in [1.54, 1.807) is 6.92 Å². The minimum atomic E-state index is -0.176. The standard InChI is InChI=1S/C9H14ClN3O2S/c1-3-15-8(14)4-5-13(2)6-7-11-12-9(10)16-7/h3-6H2,1-2H3. The van der Waals surface area contributed by atoms with E-state index in [4.69, 9.17) is 16.3 Å². The maximum absolute atomic E-state index is 11.1. The molecule has 0 saturated carbocycles. The van der Waals surface area contributed by atoms with Gasteiger partial charge < -0.3 is 4.74 Å². The molecule has 16 heavy (non-hydrogen) atoms. The molecule has 1 heterocycles. The molecule has 5 nitrogen and oxygen atoms in total. The molecule has 0 aliphatic heterocycles. The summed E-state index contributed by atoms with van der Waals surface area (Å²) < 4.78 is 5.27. The largest absolute Gasteiger partial charge is 0.466 e. The molecule has 90 valence electrons. The van der Waals surface area contributed by atoms with Crippen molar-refractivity contribution in [2.45, 2.75) is 19.9 Å². The highest BCUT2D eigenvalue weighted by atomic mass is 35.5. The van der Waals surface area contributed by atoms with Crippen LogP contribution < -0.4 is 0 Å². The first-order valence-corrected chi connectivity index (χ1v) is 6.13. The molecule has 0 atom stereocenters. The number of hydrogen-bond acceptors (Lipinski definition) is 6. The normalized spacial score (nSPS) is 10.8. The number of ether oxygens (including phenoxy) is 1. The van der Waals surface area contributed by atoms with Crippen LogP contribution in [0, 0.1) is 0 Å². The summed E-state index contributed by atoms with van der Waals surface area (Å²) in [5.41, 5.74) is 0. The Morgan fingerprint density at radius 3 is 2.88 bits per heavy atom. The van der Waals surface area contributed by atoms with Crippen LogP contribution in [0.15, 0.2) is 0 Å². The minimum Gasteiger partial charge on any atom is -0.466 e. The average molecular weight is 264 g/mol. The first kappa shape index (κ1) is 13.3. The Bertz CT molecular complexity index is 345. The molecule has 0 saturated heterocycles. The zero-order valence-electron chi connectivity index (χ0n) is 9.27. The van der Waals surface area contributed by atoms with Crippen LogP contribution >= 0.6 is 22.9 Å². The molecule has 7 heteroatoms. The highest BCUT2D eigenvalue weighted by molar-refractivity contribution is 7.15. The maximum Gasteiger partial charge on any atom is 0.307 e. The Balaban J connectivity index is 2.25. The summed E-state index contributed by atoms with van der Waals surface area (Å²) in [7, 11) is 1.91. The maximum atomic E-state index is 11.1. The van der Waals surface area contributed by atoms with Gasteiger partial charge in [-0.3, -0.25) is 9.69 Å². The predicted molar refractivity (Wildman–Crippen MR) is 62.5 cm³/mol. The lowest BCUT2D eigenvalue weighted by atomic mass is 10.4. The van der Waals surface area contributed by atoms with E-state index in [-0.39, 0.29) is 5.97 Å². The van der Waals surface area contributed by atoms with Crippen molar-refractivity contribution < 1.29 is 9.53 Å². The molecule has 0 aromatic carbocycles. The number of rotatable bonds is 6. The molecular formula is C9H14ClN3O2S. The average Bonchev–Trinajstić information content (AvgIpc) is 2.61. The smallest absolute Gasteiger partial charge is 0.307 e. The van der Waals surface area contributed by atoms with Crippen LogP contribution in [0.25, 0.3) is 0 Å². The number of carbonyl (C=O) groups excluding carboxylic acids is 1. The second-order valence-electron chi connectivity index (χ2n) is 3.24. The van der Waals surface area contributed by atoms with Crippen LogP contribution in [0.2, 0.25) is 4.47 Å². The van der Waals surface area contributed by atoms with E-state index < -0.39 is 0 Å². The van der Waals surface area contributed by atoms with E-state index in [1.165, 1.54) is 11.3 Å². The number of halogens is 1. The van der Waals surface area contributed by atoms with Crippen LogP contribution in [0.4, 0.5) is 0 Å². The van der Waals surface area contributed by atoms with Gasteiger partial charge in [-0.05, 0) is 25.6 Å². The molecule has 0 bridgehead atoms. The molecule has 0 unspecified atom stereocenters. The second-order valence-corrected chi connectivity index (χ2v) is 4.89. The van der Waals surface area contributed by atoms with Gasteiger partial charge in [0.05, 0.1) is 19.6 Å². The fraction of sp³-hybridized carbons (Fsp3) is 0.667. The summed E-state index contributed by atoms with van der Waals surface area (Å²) in [5, 5.41) is 8.45. The third-order valence-corrected chi connectivity index (χ3v) is 2.85. The van der Waals surface area contributed by atoms with Gasteiger partial charge in [-0.15, -0.1) is 10.2 Å². The SMILES string of the molecule is CCOC(=O)CCN(C)Cc1nnc(Cl)s1. The molecule has 0 fully saturated rings. The van der Waals surface area contributed by atoms with E-state index in [2.05, 4.69) is 10.2 Å². The molecule has 0 amide bonds. The van der Waals surface area contributed by atoms with Gasteiger partial charge >= 0.3 is 5.97 Å². The first-order chi connectivity index (χ1) is 7.61. The van der Waals surface area contributed by atoms with Crippen molar-refractivity contribution in [2.24, 2.45) is 0 Å². The van der Waals surface area contributed by atoms with Gasteiger partial charge in [0.15, 0.2) is 0 Å². The molecule has 1 rings (SSSR count). The second kappa shape index (κ2) is 6.78. The number of nitrogens with zero attached hydrogens (tertiary/aromatic N) is 3. The third kappa shape index (κ3) is 4.87. The van der Waals surface area contributed by atoms with E-state index in [1.807, 2.05) is 11.9 Å². The summed E-state index contributed by atoms with van der Waals surface area (Å²) >= 11 is 7.01. The Hall–Kier alpha value is -0.720. The van der Waals surface area contributed by atoms with E-state index in [0.29, 0.717) is 30.6 Å². The lowest BCUT2D eigenvalue weighted by Crippen LogP contribution is -2.22.